The van der Waals surface area contributed by atoms with E-state index in [0.29, 0.717) is 5.69 Å². The van der Waals surface area contributed by atoms with Crippen LogP contribution in [0.4, 0.5) is 0 Å². The van der Waals surface area contributed by atoms with Gasteiger partial charge in [-0.3, -0.25) is 14.6 Å². The molecule has 0 amide bonds. The fourth-order valence-corrected chi connectivity index (χ4v) is 2.63. The summed E-state index contributed by atoms with van der Waals surface area (Å²) in [5.74, 6) is 0. The summed E-state index contributed by atoms with van der Waals surface area (Å²) in [5, 5.41) is 1.33. The van der Waals surface area contributed by atoms with Crippen molar-refractivity contribution in [2.75, 3.05) is 0 Å². The number of rotatable bonds is 2. The standard InChI is InChI=1S/C20H14N4O2/c25-19-17(10-13-4-3-9-21-12-13)23-20(26)18(24-19)11-15-8-7-14-5-1-2-6-16(14)22-15/h1-12H,(H,23,26)(H,24,25)/b17-10-,18-11-. The van der Waals surface area contributed by atoms with Crippen LogP contribution >= 0.6 is 0 Å². The molecule has 0 unspecified atom stereocenters. The van der Waals surface area contributed by atoms with Crippen molar-refractivity contribution >= 4 is 23.1 Å². The number of fused-ring (bicyclic) bond motifs is 1. The van der Waals surface area contributed by atoms with Crippen molar-refractivity contribution in [3.63, 3.8) is 0 Å². The predicted octanol–water partition coefficient (Wildman–Crippen LogP) is 0.664. The molecule has 0 saturated carbocycles. The minimum Gasteiger partial charge on any atom is -0.316 e. The maximum atomic E-state index is 12.3. The van der Waals surface area contributed by atoms with Crippen LogP contribution in [0.1, 0.15) is 11.3 Å². The molecular weight excluding hydrogens is 328 g/mol. The lowest BCUT2D eigenvalue weighted by molar-refractivity contribution is 1.00. The number of aromatic amines is 2. The Kier molecular flexibility index (Phi) is 3.99. The summed E-state index contributed by atoms with van der Waals surface area (Å²) in [6.45, 7) is 0. The number of hydrogen-bond acceptors (Lipinski definition) is 4. The van der Waals surface area contributed by atoms with Gasteiger partial charge < -0.3 is 9.97 Å². The third-order valence-electron chi connectivity index (χ3n) is 3.89. The van der Waals surface area contributed by atoms with Crippen molar-refractivity contribution < 1.29 is 0 Å². The lowest BCUT2D eigenvalue weighted by atomic mass is 10.2. The van der Waals surface area contributed by atoms with Gasteiger partial charge in [0.1, 0.15) is 10.7 Å². The van der Waals surface area contributed by atoms with E-state index in [1.54, 1.807) is 42.7 Å². The van der Waals surface area contributed by atoms with E-state index in [9.17, 15) is 9.59 Å². The van der Waals surface area contributed by atoms with E-state index in [0.717, 1.165) is 16.5 Å². The number of nitrogens with one attached hydrogen (secondary N) is 2. The third kappa shape index (κ3) is 3.21. The number of aromatic nitrogens is 4. The van der Waals surface area contributed by atoms with Crippen LogP contribution in [0.3, 0.4) is 0 Å². The molecule has 3 aromatic heterocycles. The minimum absolute atomic E-state index is 0.154. The smallest absolute Gasteiger partial charge is 0.272 e. The molecule has 0 radical (unpaired) electrons. The van der Waals surface area contributed by atoms with Gasteiger partial charge in [0.15, 0.2) is 0 Å². The number of pyridine rings is 2. The molecule has 0 fully saturated rings. The average molecular weight is 342 g/mol. The topological polar surface area (TPSA) is 91.5 Å². The van der Waals surface area contributed by atoms with Gasteiger partial charge in [-0.25, -0.2) is 4.98 Å². The Morgan fingerprint density at radius 1 is 0.808 bits per heavy atom. The summed E-state index contributed by atoms with van der Waals surface area (Å²) < 4.78 is 0. The van der Waals surface area contributed by atoms with Gasteiger partial charge in [-0.2, -0.15) is 0 Å². The fraction of sp³-hybridized carbons (Fsp3) is 0. The first kappa shape index (κ1) is 15.7. The Morgan fingerprint density at radius 2 is 1.58 bits per heavy atom. The van der Waals surface area contributed by atoms with Gasteiger partial charge in [-0.15, -0.1) is 0 Å². The highest BCUT2D eigenvalue weighted by Crippen LogP contribution is 2.11. The van der Waals surface area contributed by atoms with Crippen molar-refractivity contribution in [3.8, 4) is 0 Å². The lowest BCUT2D eigenvalue weighted by Gasteiger charge is -1.98. The summed E-state index contributed by atoms with van der Waals surface area (Å²) >= 11 is 0. The van der Waals surface area contributed by atoms with Crippen LogP contribution < -0.4 is 21.8 Å². The molecule has 126 valence electrons. The summed E-state index contributed by atoms with van der Waals surface area (Å²) in [4.78, 5) is 38.3. The molecule has 1 aromatic carbocycles. The second kappa shape index (κ2) is 6.60. The zero-order valence-corrected chi connectivity index (χ0v) is 13.6. The Hall–Kier alpha value is -3.80. The molecule has 2 N–H and O–H groups in total. The van der Waals surface area contributed by atoms with Crippen molar-refractivity contribution in [1.82, 2.24) is 19.9 Å². The number of para-hydroxylation sites is 1. The molecular formula is C20H14N4O2. The van der Waals surface area contributed by atoms with Crippen LogP contribution in [0.15, 0.2) is 70.5 Å². The highest BCUT2D eigenvalue weighted by Gasteiger charge is 1.99. The van der Waals surface area contributed by atoms with E-state index >= 15 is 0 Å². The van der Waals surface area contributed by atoms with Gasteiger partial charge in [0, 0.05) is 17.8 Å². The molecule has 0 aliphatic carbocycles. The first-order chi connectivity index (χ1) is 12.7. The largest absolute Gasteiger partial charge is 0.316 e. The summed E-state index contributed by atoms with van der Waals surface area (Å²) in [5.41, 5.74) is 1.35. The van der Waals surface area contributed by atoms with Gasteiger partial charge in [-0.05, 0) is 35.9 Å². The van der Waals surface area contributed by atoms with Crippen LogP contribution in [0.25, 0.3) is 23.1 Å². The monoisotopic (exact) mass is 342 g/mol. The summed E-state index contributed by atoms with van der Waals surface area (Å²) in [7, 11) is 0. The zero-order valence-electron chi connectivity index (χ0n) is 13.6. The lowest BCUT2D eigenvalue weighted by Crippen LogP contribution is -2.46. The second-order valence-corrected chi connectivity index (χ2v) is 5.74. The van der Waals surface area contributed by atoms with Gasteiger partial charge in [0.2, 0.25) is 0 Å². The average Bonchev–Trinajstić information content (AvgIpc) is 2.66. The van der Waals surface area contributed by atoms with Crippen molar-refractivity contribution in [2.45, 2.75) is 0 Å². The first-order valence-corrected chi connectivity index (χ1v) is 8.01. The fourth-order valence-electron chi connectivity index (χ4n) is 2.63. The van der Waals surface area contributed by atoms with Crippen LogP contribution in [0, 0.1) is 0 Å². The number of H-pyrrole nitrogens is 2. The van der Waals surface area contributed by atoms with Crippen molar-refractivity contribution in [2.24, 2.45) is 0 Å². The molecule has 4 rings (SSSR count). The maximum Gasteiger partial charge on any atom is 0.272 e. The normalized spacial score (nSPS) is 12.6. The van der Waals surface area contributed by atoms with Gasteiger partial charge >= 0.3 is 0 Å². The third-order valence-corrected chi connectivity index (χ3v) is 3.89. The van der Waals surface area contributed by atoms with Crippen LogP contribution in [-0.2, 0) is 0 Å². The van der Waals surface area contributed by atoms with E-state index in [-0.39, 0.29) is 16.3 Å². The quantitative estimate of drug-likeness (QED) is 0.560. The van der Waals surface area contributed by atoms with Gasteiger partial charge in [0.05, 0.1) is 11.2 Å². The van der Waals surface area contributed by atoms with E-state index < -0.39 is 5.56 Å². The highest BCUT2D eigenvalue weighted by molar-refractivity contribution is 5.79. The Labute approximate surface area is 147 Å². The number of hydrogen-bond donors (Lipinski definition) is 2. The van der Waals surface area contributed by atoms with Crippen molar-refractivity contribution in [1.29, 1.82) is 0 Å². The van der Waals surface area contributed by atoms with Crippen LogP contribution in [0.2, 0.25) is 0 Å². The molecule has 3 heterocycles. The maximum absolute atomic E-state index is 12.3. The van der Waals surface area contributed by atoms with Crippen molar-refractivity contribution in [3.05, 3.63) is 104 Å². The Balaban J connectivity index is 1.83. The molecule has 26 heavy (non-hydrogen) atoms. The van der Waals surface area contributed by atoms with E-state index in [2.05, 4.69) is 19.9 Å². The molecule has 0 spiro atoms. The van der Waals surface area contributed by atoms with E-state index in [1.807, 2.05) is 30.3 Å². The highest BCUT2D eigenvalue weighted by atomic mass is 16.1. The SMILES string of the molecule is O=c1[nH]/c(=C\c2ccc3ccccc3n2)c(=O)[nH]/c1=C\c1cccnc1. The molecule has 0 saturated heterocycles. The molecule has 6 nitrogen and oxygen atoms in total. The molecule has 0 aliphatic heterocycles. The Bertz CT molecular complexity index is 1320. The molecule has 4 aromatic rings. The molecule has 0 atom stereocenters. The second-order valence-electron chi connectivity index (χ2n) is 5.74. The van der Waals surface area contributed by atoms with Gasteiger partial charge in [0.25, 0.3) is 11.1 Å². The van der Waals surface area contributed by atoms with E-state index in [4.69, 9.17) is 0 Å². The minimum atomic E-state index is -0.394. The summed E-state index contributed by atoms with van der Waals surface area (Å²) in [6, 6.07) is 15.0. The van der Waals surface area contributed by atoms with Crippen LogP contribution in [-0.4, -0.2) is 19.9 Å². The van der Waals surface area contributed by atoms with Crippen LogP contribution in [0.5, 0.6) is 0 Å². The first-order valence-electron chi connectivity index (χ1n) is 8.01. The number of benzene rings is 1. The number of nitrogens with zero attached hydrogens (tertiary/aromatic N) is 2. The zero-order chi connectivity index (χ0) is 17.9. The molecule has 6 heteroatoms. The summed E-state index contributed by atoms with van der Waals surface area (Å²) in [6.07, 6.45) is 6.38. The molecule has 0 aliphatic rings. The predicted molar refractivity (Wildman–Crippen MR) is 100 cm³/mol. The Morgan fingerprint density at radius 3 is 2.35 bits per heavy atom. The van der Waals surface area contributed by atoms with E-state index in [1.165, 1.54) is 0 Å². The molecule has 0 bridgehead atoms. The van der Waals surface area contributed by atoms with Gasteiger partial charge in [-0.1, -0.05) is 30.3 Å².